The predicted octanol–water partition coefficient (Wildman–Crippen LogP) is -0.373. The lowest BCUT2D eigenvalue weighted by Crippen LogP contribution is -2.54. The second kappa shape index (κ2) is 6.23. The highest BCUT2D eigenvalue weighted by molar-refractivity contribution is 5.86. The Labute approximate surface area is 106 Å². The van der Waals surface area contributed by atoms with E-state index in [1.54, 1.807) is 0 Å². The molecule has 3 amide bonds. The Morgan fingerprint density at radius 1 is 1.39 bits per heavy atom. The number of carbonyl (C=O) groups is 3. The van der Waals surface area contributed by atoms with E-state index in [1.807, 2.05) is 6.92 Å². The van der Waals surface area contributed by atoms with Gasteiger partial charge in [0.05, 0.1) is 6.54 Å². The number of nitrogens with one attached hydrogen (secondary N) is 2. The molecule has 1 rings (SSSR count). The van der Waals surface area contributed by atoms with Crippen LogP contribution in [-0.2, 0) is 9.59 Å². The number of urea groups is 1. The number of likely N-dealkylation sites (N-methyl/N-ethyl adjacent to an activating group) is 1. The van der Waals surface area contributed by atoms with Gasteiger partial charge in [-0.2, -0.15) is 0 Å². The second-order valence-electron chi connectivity index (χ2n) is 4.51. The molecule has 7 nitrogen and oxygen atoms in total. The minimum atomic E-state index is -1.00. The molecule has 0 bridgehead atoms. The standard InChI is InChI=1S/C11H19N3O4/c1-7-3-4-14(8(5-7)10(16)17)11(18)13-6-9(15)12-2/h7-8H,3-6H2,1-2H3,(H,12,15)(H,13,18)(H,16,17). The third kappa shape index (κ3) is 3.61. The van der Waals surface area contributed by atoms with Crippen LogP contribution in [0.2, 0.25) is 0 Å². The van der Waals surface area contributed by atoms with Crippen molar-refractivity contribution in [3.05, 3.63) is 0 Å². The average Bonchev–Trinajstić information content (AvgIpc) is 2.35. The van der Waals surface area contributed by atoms with Crippen LogP contribution in [0.4, 0.5) is 4.79 Å². The summed E-state index contributed by atoms with van der Waals surface area (Å²) < 4.78 is 0. The maximum absolute atomic E-state index is 11.8. The van der Waals surface area contributed by atoms with Gasteiger partial charge >= 0.3 is 12.0 Å². The van der Waals surface area contributed by atoms with E-state index in [2.05, 4.69) is 10.6 Å². The summed E-state index contributed by atoms with van der Waals surface area (Å²) in [5.41, 5.74) is 0. The number of hydrogen-bond donors (Lipinski definition) is 3. The van der Waals surface area contributed by atoms with Gasteiger partial charge in [-0.3, -0.25) is 4.79 Å². The normalized spacial score (nSPS) is 23.3. The van der Waals surface area contributed by atoms with Crippen LogP contribution < -0.4 is 10.6 Å². The molecule has 1 fully saturated rings. The zero-order chi connectivity index (χ0) is 13.7. The number of carboxylic acid groups (broad SMARTS) is 1. The van der Waals surface area contributed by atoms with Gasteiger partial charge in [-0.25, -0.2) is 9.59 Å². The molecular formula is C11H19N3O4. The topological polar surface area (TPSA) is 98.7 Å². The lowest BCUT2D eigenvalue weighted by atomic mass is 9.93. The van der Waals surface area contributed by atoms with Crippen LogP contribution in [0, 0.1) is 5.92 Å². The fraction of sp³-hybridized carbons (Fsp3) is 0.727. The van der Waals surface area contributed by atoms with Crippen molar-refractivity contribution in [1.82, 2.24) is 15.5 Å². The lowest BCUT2D eigenvalue weighted by Gasteiger charge is -2.35. The quantitative estimate of drug-likeness (QED) is 0.642. The van der Waals surface area contributed by atoms with Crippen LogP contribution in [0.15, 0.2) is 0 Å². The van der Waals surface area contributed by atoms with E-state index in [0.717, 1.165) is 6.42 Å². The lowest BCUT2D eigenvalue weighted by molar-refractivity contribution is -0.143. The fourth-order valence-corrected chi connectivity index (χ4v) is 1.96. The van der Waals surface area contributed by atoms with Gasteiger partial charge in [-0.15, -0.1) is 0 Å². The third-order valence-electron chi connectivity index (χ3n) is 3.09. The van der Waals surface area contributed by atoms with Crippen molar-refractivity contribution < 1.29 is 19.5 Å². The molecule has 1 aliphatic rings. The minimum Gasteiger partial charge on any atom is -0.480 e. The molecule has 0 radical (unpaired) electrons. The van der Waals surface area contributed by atoms with Crippen LogP contribution >= 0.6 is 0 Å². The third-order valence-corrected chi connectivity index (χ3v) is 3.09. The Balaban J connectivity index is 2.59. The molecule has 2 atom stereocenters. The highest BCUT2D eigenvalue weighted by Crippen LogP contribution is 2.22. The molecule has 1 saturated heterocycles. The minimum absolute atomic E-state index is 0.145. The van der Waals surface area contributed by atoms with Crippen molar-refractivity contribution in [2.75, 3.05) is 20.1 Å². The molecule has 2 unspecified atom stereocenters. The maximum Gasteiger partial charge on any atom is 0.326 e. The Bertz CT molecular complexity index is 345. The van der Waals surface area contributed by atoms with Crippen LogP contribution in [0.3, 0.4) is 0 Å². The molecule has 1 heterocycles. The Morgan fingerprint density at radius 2 is 2.06 bits per heavy atom. The zero-order valence-electron chi connectivity index (χ0n) is 10.6. The fourth-order valence-electron chi connectivity index (χ4n) is 1.96. The molecule has 0 aromatic heterocycles. The first-order valence-corrected chi connectivity index (χ1v) is 5.93. The number of carbonyl (C=O) groups excluding carboxylic acids is 2. The van der Waals surface area contributed by atoms with E-state index in [4.69, 9.17) is 5.11 Å². The predicted molar refractivity (Wildman–Crippen MR) is 64.0 cm³/mol. The summed E-state index contributed by atoms with van der Waals surface area (Å²) in [6.45, 7) is 2.22. The highest BCUT2D eigenvalue weighted by Gasteiger charge is 2.34. The Kier molecular flexibility index (Phi) is 4.94. The van der Waals surface area contributed by atoms with Gasteiger partial charge in [0.2, 0.25) is 5.91 Å². The molecular weight excluding hydrogens is 238 g/mol. The zero-order valence-corrected chi connectivity index (χ0v) is 10.6. The molecule has 0 aliphatic carbocycles. The first-order chi connectivity index (χ1) is 8.45. The molecule has 1 aliphatic heterocycles. The van der Waals surface area contributed by atoms with Crippen molar-refractivity contribution in [2.45, 2.75) is 25.8 Å². The summed E-state index contributed by atoms with van der Waals surface area (Å²) in [6, 6.07) is -1.31. The smallest absolute Gasteiger partial charge is 0.326 e. The largest absolute Gasteiger partial charge is 0.480 e. The Hall–Kier alpha value is -1.79. The van der Waals surface area contributed by atoms with E-state index in [-0.39, 0.29) is 18.4 Å². The molecule has 102 valence electrons. The van der Waals surface area contributed by atoms with Gasteiger partial charge in [0.15, 0.2) is 0 Å². The van der Waals surface area contributed by atoms with Gasteiger partial charge < -0.3 is 20.6 Å². The van der Waals surface area contributed by atoms with Gasteiger partial charge in [-0.1, -0.05) is 6.92 Å². The summed E-state index contributed by atoms with van der Waals surface area (Å²) in [5, 5.41) is 13.9. The number of nitrogens with zero attached hydrogens (tertiary/aromatic N) is 1. The molecule has 0 aromatic carbocycles. The van der Waals surface area contributed by atoms with E-state index in [0.29, 0.717) is 13.0 Å². The average molecular weight is 257 g/mol. The summed E-state index contributed by atoms with van der Waals surface area (Å²) >= 11 is 0. The Morgan fingerprint density at radius 3 is 2.61 bits per heavy atom. The number of hydrogen-bond acceptors (Lipinski definition) is 3. The monoisotopic (exact) mass is 257 g/mol. The maximum atomic E-state index is 11.8. The first-order valence-electron chi connectivity index (χ1n) is 5.93. The van der Waals surface area contributed by atoms with Gasteiger partial charge in [0.25, 0.3) is 0 Å². The number of rotatable bonds is 3. The van der Waals surface area contributed by atoms with E-state index >= 15 is 0 Å². The molecule has 18 heavy (non-hydrogen) atoms. The van der Waals surface area contributed by atoms with Crippen LogP contribution in [-0.4, -0.2) is 54.1 Å². The number of aliphatic carboxylic acids is 1. The van der Waals surface area contributed by atoms with E-state index < -0.39 is 18.0 Å². The van der Waals surface area contributed by atoms with Crippen molar-refractivity contribution in [2.24, 2.45) is 5.92 Å². The molecule has 0 spiro atoms. The summed E-state index contributed by atoms with van der Waals surface area (Å²) in [7, 11) is 1.47. The van der Waals surface area contributed by atoms with Crippen molar-refractivity contribution in [1.29, 1.82) is 0 Å². The number of amides is 3. The number of likely N-dealkylation sites (tertiary alicyclic amines) is 1. The summed E-state index contributed by atoms with van der Waals surface area (Å²) in [6.07, 6.45) is 1.22. The molecule has 7 heteroatoms. The van der Waals surface area contributed by atoms with Crippen LogP contribution in [0.5, 0.6) is 0 Å². The highest BCUT2D eigenvalue weighted by atomic mass is 16.4. The summed E-state index contributed by atoms with van der Waals surface area (Å²) in [5.74, 6) is -1.04. The van der Waals surface area contributed by atoms with Crippen molar-refractivity contribution in [3.8, 4) is 0 Å². The van der Waals surface area contributed by atoms with Crippen LogP contribution in [0.1, 0.15) is 19.8 Å². The van der Waals surface area contributed by atoms with Crippen molar-refractivity contribution in [3.63, 3.8) is 0 Å². The number of carboxylic acids is 1. The van der Waals surface area contributed by atoms with Gasteiger partial charge in [0.1, 0.15) is 6.04 Å². The van der Waals surface area contributed by atoms with Gasteiger partial charge in [0, 0.05) is 13.6 Å². The first kappa shape index (κ1) is 14.3. The van der Waals surface area contributed by atoms with E-state index in [9.17, 15) is 14.4 Å². The molecule has 0 saturated carbocycles. The summed E-state index contributed by atoms with van der Waals surface area (Å²) in [4.78, 5) is 35.2. The SMILES string of the molecule is CNC(=O)CNC(=O)N1CCC(C)CC1C(=O)O. The van der Waals surface area contributed by atoms with Crippen molar-refractivity contribution >= 4 is 17.9 Å². The van der Waals surface area contributed by atoms with Gasteiger partial charge in [-0.05, 0) is 18.8 Å². The number of piperidine rings is 1. The molecule has 0 aromatic rings. The molecule has 3 N–H and O–H groups in total. The van der Waals surface area contributed by atoms with Crippen LogP contribution in [0.25, 0.3) is 0 Å². The van der Waals surface area contributed by atoms with E-state index in [1.165, 1.54) is 11.9 Å². The second-order valence-corrected chi connectivity index (χ2v) is 4.51.